The molecule has 1 N–H and O–H groups in total. The molecule has 30 heavy (non-hydrogen) atoms. The Morgan fingerprint density at radius 2 is 1.90 bits per heavy atom. The number of pyridine rings is 1. The Labute approximate surface area is 192 Å². The second-order valence-electron chi connectivity index (χ2n) is 7.05. The van der Waals surface area contributed by atoms with E-state index in [1.54, 1.807) is 19.3 Å². The van der Waals surface area contributed by atoms with Crippen molar-refractivity contribution in [2.24, 2.45) is 4.99 Å². The largest absolute Gasteiger partial charge is 0.416 e. The summed E-state index contributed by atoms with van der Waals surface area (Å²) in [5, 5.41) is 3.39. The van der Waals surface area contributed by atoms with E-state index in [-0.39, 0.29) is 24.0 Å². The number of benzene rings is 1. The van der Waals surface area contributed by atoms with Crippen LogP contribution in [0.1, 0.15) is 16.7 Å². The molecule has 3 rings (SSSR count). The molecule has 5 nitrogen and oxygen atoms in total. The molecule has 9 heteroatoms. The first kappa shape index (κ1) is 24.2. The Hall–Kier alpha value is -2.04. The van der Waals surface area contributed by atoms with Gasteiger partial charge < -0.3 is 15.1 Å². The van der Waals surface area contributed by atoms with E-state index >= 15 is 0 Å². The maximum Gasteiger partial charge on any atom is 0.416 e. The van der Waals surface area contributed by atoms with Gasteiger partial charge in [0.25, 0.3) is 0 Å². The Kier molecular flexibility index (Phi) is 8.75. The van der Waals surface area contributed by atoms with E-state index < -0.39 is 11.7 Å². The normalized spacial score (nSPS) is 15.0. The van der Waals surface area contributed by atoms with Crippen LogP contribution in [0.3, 0.4) is 0 Å². The fourth-order valence-electron chi connectivity index (χ4n) is 3.48. The first-order valence-electron chi connectivity index (χ1n) is 9.66. The summed E-state index contributed by atoms with van der Waals surface area (Å²) in [5.41, 5.74) is 2.41. The molecule has 0 amide bonds. The molecule has 1 aromatic carbocycles. The Balaban J connectivity index is 0.00000320. The zero-order chi connectivity index (χ0) is 20.9. The maximum atomic E-state index is 13.0. The number of piperazine rings is 1. The number of nitrogens with one attached hydrogen (secondary N) is 1. The van der Waals surface area contributed by atoms with E-state index in [0.717, 1.165) is 25.0 Å². The van der Waals surface area contributed by atoms with E-state index in [1.807, 2.05) is 24.1 Å². The van der Waals surface area contributed by atoms with Gasteiger partial charge in [0.1, 0.15) is 0 Å². The van der Waals surface area contributed by atoms with Gasteiger partial charge in [-0.25, -0.2) is 0 Å². The van der Waals surface area contributed by atoms with E-state index in [1.165, 1.54) is 23.3 Å². The topological polar surface area (TPSA) is 43.8 Å². The van der Waals surface area contributed by atoms with Crippen molar-refractivity contribution in [3.63, 3.8) is 0 Å². The predicted molar refractivity (Wildman–Crippen MR) is 125 cm³/mol. The average molecular weight is 533 g/mol. The fraction of sp³-hybridized carbons (Fsp3) is 0.429. The lowest BCUT2D eigenvalue weighted by molar-refractivity contribution is -0.137. The smallest absolute Gasteiger partial charge is 0.368 e. The number of nitrogens with zero attached hydrogens (tertiary/aromatic N) is 4. The van der Waals surface area contributed by atoms with Crippen molar-refractivity contribution < 1.29 is 13.2 Å². The van der Waals surface area contributed by atoms with Crippen LogP contribution in [0, 0.1) is 6.92 Å². The number of rotatable bonds is 4. The highest BCUT2D eigenvalue weighted by molar-refractivity contribution is 14.0. The van der Waals surface area contributed by atoms with Gasteiger partial charge in [-0.3, -0.25) is 9.98 Å². The van der Waals surface area contributed by atoms with E-state index in [9.17, 15) is 13.2 Å². The number of anilines is 1. The third kappa shape index (κ3) is 6.23. The number of alkyl halides is 3. The summed E-state index contributed by atoms with van der Waals surface area (Å²) in [5.74, 6) is 0.820. The molecular weight excluding hydrogens is 506 g/mol. The maximum absolute atomic E-state index is 13.0. The van der Waals surface area contributed by atoms with Crippen LogP contribution in [0.2, 0.25) is 0 Å². The Bertz CT molecular complexity index is 849. The summed E-state index contributed by atoms with van der Waals surface area (Å²) in [6, 6.07) is 7.55. The molecule has 1 fully saturated rings. The van der Waals surface area contributed by atoms with Gasteiger partial charge in [-0.05, 0) is 48.7 Å². The Morgan fingerprint density at radius 1 is 1.17 bits per heavy atom. The lowest BCUT2D eigenvalue weighted by Gasteiger charge is -2.37. The van der Waals surface area contributed by atoms with Crippen LogP contribution in [0.15, 0.2) is 47.7 Å². The van der Waals surface area contributed by atoms with Crippen molar-refractivity contribution in [2.45, 2.75) is 19.5 Å². The second kappa shape index (κ2) is 10.8. The molecule has 0 unspecified atom stereocenters. The van der Waals surface area contributed by atoms with Crippen LogP contribution in [0.5, 0.6) is 0 Å². The summed E-state index contributed by atoms with van der Waals surface area (Å²) in [4.78, 5) is 12.6. The highest BCUT2D eigenvalue weighted by atomic mass is 127. The number of aromatic nitrogens is 1. The molecule has 1 saturated heterocycles. The number of guanidine groups is 1. The van der Waals surface area contributed by atoms with Crippen LogP contribution < -0.4 is 10.2 Å². The van der Waals surface area contributed by atoms with Gasteiger partial charge in [0.05, 0.1) is 5.56 Å². The molecule has 0 spiro atoms. The molecule has 2 aromatic rings. The SMILES string of the molecule is CN=C(NCCc1ccncc1C)N1CCN(c2cccc(C(F)(F)F)c2)CC1.I. The van der Waals surface area contributed by atoms with Crippen LogP contribution in [0.4, 0.5) is 18.9 Å². The summed E-state index contributed by atoms with van der Waals surface area (Å²) in [6.45, 7) is 5.49. The number of halogens is 4. The molecule has 1 aliphatic heterocycles. The fourth-order valence-corrected chi connectivity index (χ4v) is 3.48. The quantitative estimate of drug-likeness (QED) is 0.367. The lowest BCUT2D eigenvalue weighted by Crippen LogP contribution is -2.52. The highest BCUT2D eigenvalue weighted by Crippen LogP contribution is 2.31. The molecule has 0 radical (unpaired) electrons. The molecule has 0 bridgehead atoms. The van der Waals surface area contributed by atoms with Gasteiger partial charge in [-0.1, -0.05) is 6.07 Å². The number of hydrogen-bond donors (Lipinski definition) is 1. The zero-order valence-electron chi connectivity index (χ0n) is 17.1. The van der Waals surface area contributed by atoms with Gasteiger partial charge in [0, 0.05) is 57.9 Å². The monoisotopic (exact) mass is 533 g/mol. The van der Waals surface area contributed by atoms with Crippen molar-refractivity contribution in [2.75, 3.05) is 44.7 Å². The number of hydrogen-bond acceptors (Lipinski definition) is 3. The van der Waals surface area contributed by atoms with Crippen LogP contribution in [-0.4, -0.2) is 55.6 Å². The van der Waals surface area contributed by atoms with E-state index in [0.29, 0.717) is 31.9 Å². The summed E-state index contributed by atoms with van der Waals surface area (Å²) >= 11 is 0. The van der Waals surface area contributed by atoms with Crippen molar-refractivity contribution in [1.29, 1.82) is 0 Å². The minimum atomic E-state index is -4.32. The first-order valence-corrected chi connectivity index (χ1v) is 9.66. The number of aliphatic imine (C=N–C) groups is 1. The highest BCUT2D eigenvalue weighted by Gasteiger charge is 2.31. The van der Waals surface area contributed by atoms with Crippen molar-refractivity contribution in [3.05, 3.63) is 59.4 Å². The molecule has 2 heterocycles. The van der Waals surface area contributed by atoms with Gasteiger partial charge in [0.15, 0.2) is 5.96 Å². The van der Waals surface area contributed by atoms with Crippen molar-refractivity contribution in [1.82, 2.24) is 15.2 Å². The summed E-state index contributed by atoms with van der Waals surface area (Å²) < 4.78 is 38.9. The number of aryl methyl sites for hydroxylation is 1. The minimum absolute atomic E-state index is 0. The lowest BCUT2D eigenvalue weighted by atomic mass is 10.1. The van der Waals surface area contributed by atoms with Crippen molar-refractivity contribution in [3.8, 4) is 0 Å². The Morgan fingerprint density at radius 3 is 2.53 bits per heavy atom. The van der Waals surface area contributed by atoms with Gasteiger partial charge in [0.2, 0.25) is 0 Å². The standard InChI is InChI=1S/C21H26F3N5.HI/c1-16-15-26-8-6-17(16)7-9-27-20(25-2)29-12-10-28(11-13-29)19-5-3-4-18(14-19)21(22,23)24;/h3-6,8,14-15H,7,9-13H2,1-2H3,(H,25,27);1H. The molecule has 164 valence electrons. The van der Waals surface area contributed by atoms with E-state index in [2.05, 4.69) is 20.2 Å². The molecule has 0 aliphatic carbocycles. The molecule has 0 saturated carbocycles. The van der Waals surface area contributed by atoms with Crippen LogP contribution in [0.25, 0.3) is 0 Å². The van der Waals surface area contributed by atoms with Gasteiger partial charge >= 0.3 is 6.18 Å². The average Bonchev–Trinajstić information content (AvgIpc) is 2.72. The predicted octanol–water partition coefficient (Wildman–Crippen LogP) is 3.97. The van der Waals surface area contributed by atoms with E-state index in [4.69, 9.17) is 0 Å². The molecule has 1 aliphatic rings. The second-order valence-corrected chi connectivity index (χ2v) is 7.05. The minimum Gasteiger partial charge on any atom is -0.368 e. The first-order chi connectivity index (χ1) is 13.9. The molecule has 1 aromatic heterocycles. The third-order valence-electron chi connectivity index (χ3n) is 5.14. The van der Waals surface area contributed by atoms with Crippen molar-refractivity contribution >= 4 is 35.6 Å². The zero-order valence-corrected chi connectivity index (χ0v) is 19.4. The summed E-state index contributed by atoms with van der Waals surface area (Å²) in [7, 11) is 1.75. The third-order valence-corrected chi connectivity index (χ3v) is 5.14. The molecular formula is C21H27F3IN5. The van der Waals surface area contributed by atoms with Gasteiger partial charge in [-0.2, -0.15) is 13.2 Å². The summed E-state index contributed by atoms with van der Waals surface area (Å²) in [6.07, 6.45) is 0.204. The van der Waals surface area contributed by atoms with Gasteiger partial charge in [-0.15, -0.1) is 24.0 Å². The van der Waals surface area contributed by atoms with Crippen LogP contribution >= 0.6 is 24.0 Å². The molecule has 0 atom stereocenters. The van der Waals surface area contributed by atoms with Crippen LogP contribution in [-0.2, 0) is 12.6 Å².